The summed E-state index contributed by atoms with van der Waals surface area (Å²) in [5.41, 5.74) is 1.83. The lowest BCUT2D eigenvalue weighted by Crippen LogP contribution is -2.19. The lowest BCUT2D eigenvalue weighted by atomic mass is 10.2. The first-order valence-electron chi connectivity index (χ1n) is 7.03. The average Bonchev–Trinajstić information content (AvgIpc) is 3.01. The van der Waals surface area contributed by atoms with Crippen LogP contribution in [-0.4, -0.2) is 16.2 Å². The van der Waals surface area contributed by atoms with Crippen molar-refractivity contribution < 1.29 is 4.79 Å². The van der Waals surface area contributed by atoms with Gasteiger partial charge in [-0.1, -0.05) is 71.1 Å². The number of carbonyl (C=O) groups excluding carboxylic acids is 1. The molecule has 2 aromatic carbocycles. The number of carbonyl (C=O) groups is 1. The smallest absolute Gasteiger partial charge is 0.308 e. The van der Waals surface area contributed by atoms with Crippen LogP contribution in [0.5, 0.6) is 0 Å². The topological polar surface area (TPSA) is 66.9 Å². The molecule has 0 bridgehead atoms. The second kappa shape index (κ2) is 8.14. The van der Waals surface area contributed by atoms with E-state index in [0.717, 1.165) is 10.1 Å². The van der Waals surface area contributed by atoms with Crippen LogP contribution < -0.4 is 10.6 Å². The molecule has 2 amide bonds. The monoisotopic (exact) mass is 376 g/mol. The number of benzene rings is 2. The zero-order valence-electron chi connectivity index (χ0n) is 12.4. The van der Waals surface area contributed by atoms with Crippen LogP contribution in [0.25, 0.3) is 0 Å². The molecule has 0 radical (unpaired) electrons. The molecule has 3 aromatic rings. The Hall–Kier alpha value is -2.09. The summed E-state index contributed by atoms with van der Waals surface area (Å²) < 4.78 is 0.803. The first-order chi connectivity index (χ1) is 11.7. The number of rotatable bonds is 5. The van der Waals surface area contributed by atoms with E-state index in [1.54, 1.807) is 36.0 Å². The quantitative estimate of drug-likeness (QED) is 0.478. The number of urea groups is 1. The Morgan fingerprint density at radius 3 is 2.71 bits per heavy atom. The number of nitrogens with zero attached hydrogens (tertiary/aromatic N) is 2. The molecule has 0 aliphatic heterocycles. The fourth-order valence-corrected chi connectivity index (χ4v) is 3.76. The minimum absolute atomic E-state index is 0.381. The van der Waals surface area contributed by atoms with Gasteiger partial charge in [-0.3, -0.25) is 5.32 Å². The van der Waals surface area contributed by atoms with Crippen LogP contribution in [0.2, 0.25) is 5.02 Å². The van der Waals surface area contributed by atoms with Crippen LogP contribution >= 0.6 is 34.7 Å². The summed E-state index contributed by atoms with van der Waals surface area (Å²) in [6, 6.07) is 16.7. The number of aromatic nitrogens is 2. The van der Waals surface area contributed by atoms with Crippen molar-refractivity contribution in [3.05, 3.63) is 65.2 Å². The molecule has 5 nitrogen and oxygen atoms in total. The van der Waals surface area contributed by atoms with Crippen molar-refractivity contribution in [1.29, 1.82) is 0 Å². The molecule has 0 aliphatic carbocycles. The number of hydrogen-bond acceptors (Lipinski definition) is 5. The predicted octanol–water partition coefficient (Wildman–Crippen LogP) is 5.13. The summed E-state index contributed by atoms with van der Waals surface area (Å²) in [7, 11) is 0. The van der Waals surface area contributed by atoms with Gasteiger partial charge in [0.15, 0.2) is 4.34 Å². The highest BCUT2D eigenvalue weighted by Gasteiger charge is 2.09. The van der Waals surface area contributed by atoms with E-state index in [4.69, 9.17) is 11.6 Å². The standard InChI is InChI=1S/C16H13ClN4OS2/c17-12-7-4-8-13(9-12)18-14(22)19-15-20-21-16(24-15)23-10-11-5-2-1-3-6-11/h1-9H,10H2,(H2,18,19,20,22). The lowest BCUT2D eigenvalue weighted by Gasteiger charge is -2.04. The Bertz CT molecular complexity index is 826. The van der Waals surface area contributed by atoms with E-state index in [-0.39, 0.29) is 6.03 Å². The van der Waals surface area contributed by atoms with Crippen molar-refractivity contribution in [3.63, 3.8) is 0 Å². The SMILES string of the molecule is O=C(Nc1cccc(Cl)c1)Nc1nnc(SCc2ccccc2)s1. The molecule has 8 heteroatoms. The number of hydrogen-bond donors (Lipinski definition) is 2. The van der Waals surface area contributed by atoms with E-state index in [1.165, 1.54) is 16.9 Å². The van der Waals surface area contributed by atoms with Gasteiger partial charge in [0, 0.05) is 16.5 Å². The number of nitrogens with one attached hydrogen (secondary N) is 2. The Kier molecular flexibility index (Phi) is 5.68. The third-order valence-electron chi connectivity index (χ3n) is 2.91. The average molecular weight is 377 g/mol. The maximum absolute atomic E-state index is 11.9. The highest BCUT2D eigenvalue weighted by atomic mass is 35.5. The number of thioether (sulfide) groups is 1. The van der Waals surface area contributed by atoms with E-state index in [0.29, 0.717) is 15.8 Å². The lowest BCUT2D eigenvalue weighted by molar-refractivity contribution is 0.262. The molecule has 0 atom stereocenters. The molecule has 3 rings (SSSR count). The van der Waals surface area contributed by atoms with Crippen LogP contribution in [0.3, 0.4) is 0 Å². The molecule has 24 heavy (non-hydrogen) atoms. The van der Waals surface area contributed by atoms with Crippen LogP contribution in [0.4, 0.5) is 15.6 Å². The Labute approximate surface area is 152 Å². The zero-order chi connectivity index (χ0) is 16.8. The van der Waals surface area contributed by atoms with Crippen molar-refractivity contribution in [2.45, 2.75) is 10.1 Å². The first-order valence-corrected chi connectivity index (χ1v) is 9.21. The molecule has 122 valence electrons. The molecule has 2 N–H and O–H groups in total. The molecule has 0 unspecified atom stereocenters. The maximum atomic E-state index is 11.9. The fraction of sp³-hybridized carbons (Fsp3) is 0.0625. The molecule has 0 saturated heterocycles. The molecule has 0 aliphatic rings. The Morgan fingerprint density at radius 1 is 1.08 bits per heavy atom. The second-order valence-corrected chi connectivity index (χ2v) is 7.37. The van der Waals surface area contributed by atoms with Crippen molar-refractivity contribution >= 4 is 51.5 Å². The van der Waals surface area contributed by atoms with Gasteiger partial charge in [-0.05, 0) is 23.8 Å². The summed E-state index contributed by atoms with van der Waals surface area (Å²) in [5, 5.41) is 14.4. The largest absolute Gasteiger partial charge is 0.325 e. The van der Waals surface area contributed by atoms with E-state index < -0.39 is 0 Å². The van der Waals surface area contributed by atoms with Crippen molar-refractivity contribution in [2.24, 2.45) is 0 Å². The summed E-state index contributed by atoms with van der Waals surface area (Å²) in [5.74, 6) is 0.810. The molecule has 0 saturated carbocycles. The minimum atomic E-state index is -0.381. The third-order valence-corrected chi connectivity index (χ3v) is 5.19. The van der Waals surface area contributed by atoms with Gasteiger partial charge in [0.25, 0.3) is 0 Å². The van der Waals surface area contributed by atoms with Crippen molar-refractivity contribution in [1.82, 2.24) is 10.2 Å². The fourth-order valence-electron chi connectivity index (χ4n) is 1.86. The normalized spacial score (nSPS) is 10.4. The third kappa shape index (κ3) is 4.95. The number of halogens is 1. The maximum Gasteiger partial charge on any atom is 0.325 e. The first kappa shape index (κ1) is 16.8. The zero-order valence-corrected chi connectivity index (χ0v) is 14.8. The van der Waals surface area contributed by atoms with E-state index in [2.05, 4.69) is 33.0 Å². The van der Waals surface area contributed by atoms with E-state index >= 15 is 0 Å². The van der Waals surface area contributed by atoms with Crippen LogP contribution in [0.1, 0.15) is 5.56 Å². The summed E-state index contributed by atoms with van der Waals surface area (Å²) in [4.78, 5) is 11.9. The van der Waals surface area contributed by atoms with E-state index in [9.17, 15) is 4.79 Å². The van der Waals surface area contributed by atoms with Gasteiger partial charge in [-0.15, -0.1) is 10.2 Å². The van der Waals surface area contributed by atoms with Crippen molar-refractivity contribution in [2.75, 3.05) is 10.6 Å². The van der Waals surface area contributed by atoms with Gasteiger partial charge in [0.05, 0.1) is 0 Å². The molecule has 0 fully saturated rings. The highest BCUT2D eigenvalue weighted by molar-refractivity contribution is 8.00. The highest BCUT2D eigenvalue weighted by Crippen LogP contribution is 2.28. The Morgan fingerprint density at radius 2 is 1.92 bits per heavy atom. The minimum Gasteiger partial charge on any atom is -0.308 e. The number of anilines is 2. The molecular formula is C16H13ClN4OS2. The number of amides is 2. The van der Waals surface area contributed by atoms with Crippen LogP contribution in [0, 0.1) is 0 Å². The molecule has 1 heterocycles. The van der Waals surface area contributed by atoms with Crippen molar-refractivity contribution in [3.8, 4) is 0 Å². The van der Waals surface area contributed by atoms with Gasteiger partial charge in [0.2, 0.25) is 5.13 Å². The van der Waals surface area contributed by atoms with Gasteiger partial charge >= 0.3 is 6.03 Å². The predicted molar refractivity (Wildman–Crippen MR) is 100 cm³/mol. The van der Waals surface area contributed by atoms with Gasteiger partial charge in [-0.25, -0.2) is 4.79 Å². The molecular weight excluding hydrogens is 364 g/mol. The Balaban J connectivity index is 1.53. The van der Waals surface area contributed by atoms with Gasteiger partial charge in [0.1, 0.15) is 0 Å². The molecule has 0 spiro atoms. The molecule has 1 aromatic heterocycles. The van der Waals surface area contributed by atoms with Crippen LogP contribution in [0.15, 0.2) is 58.9 Å². The summed E-state index contributed by atoms with van der Waals surface area (Å²) >= 11 is 8.80. The van der Waals surface area contributed by atoms with E-state index in [1.807, 2.05) is 18.2 Å². The summed E-state index contributed by atoms with van der Waals surface area (Å²) in [6.07, 6.45) is 0. The summed E-state index contributed by atoms with van der Waals surface area (Å²) in [6.45, 7) is 0. The second-order valence-electron chi connectivity index (χ2n) is 4.74. The van der Waals surface area contributed by atoms with Gasteiger partial charge < -0.3 is 5.32 Å². The van der Waals surface area contributed by atoms with Crippen LogP contribution in [-0.2, 0) is 5.75 Å². The van der Waals surface area contributed by atoms with Gasteiger partial charge in [-0.2, -0.15) is 0 Å².